The van der Waals surface area contributed by atoms with E-state index in [-0.39, 0.29) is 29.0 Å². The van der Waals surface area contributed by atoms with Gasteiger partial charge in [0.1, 0.15) is 0 Å². The number of aromatic nitrogens is 3. The van der Waals surface area contributed by atoms with Gasteiger partial charge in [0.25, 0.3) is 5.56 Å². The fourth-order valence-corrected chi connectivity index (χ4v) is 4.09. The molecule has 0 atom stereocenters. The van der Waals surface area contributed by atoms with Crippen molar-refractivity contribution in [2.45, 2.75) is 59.9 Å². The quantitative estimate of drug-likeness (QED) is 0.248. The maximum atomic E-state index is 13.0. The predicted octanol–water partition coefficient (Wildman–Crippen LogP) is 4.14. The second kappa shape index (κ2) is 11.6. The zero-order valence-electron chi connectivity index (χ0n) is 20.6. The van der Waals surface area contributed by atoms with Crippen LogP contribution in [-0.2, 0) is 16.0 Å². The molecule has 1 aromatic carbocycles. The number of hydrogen-bond donors (Lipinski definition) is 1. The molecule has 0 bridgehead atoms. The predicted molar refractivity (Wildman–Crippen MR) is 131 cm³/mol. The number of aryl methyl sites for hydroxylation is 3. The first kappa shape index (κ1) is 25.9. The summed E-state index contributed by atoms with van der Waals surface area (Å²) in [5.41, 5.74) is 0.939. The molecule has 186 valence electrons. The maximum absolute atomic E-state index is 13.0. The van der Waals surface area contributed by atoms with Gasteiger partial charge in [-0.3, -0.25) is 9.59 Å². The average Bonchev–Trinajstić information content (AvgIpc) is 3.15. The highest BCUT2D eigenvalue weighted by atomic mass is 16.5. The normalized spacial score (nSPS) is 11.0. The SMILES string of the molecule is CCCCCCn1nc(C(=O)OCC(=O)c2c(C)[nH]c(C)c2C(=O)OCC)c2ccccc2c1=O. The van der Waals surface area contributed by atoms with Gasteiger partial charge in [0.2, 0.25) is 5.78 Å². The zero-order valence-corrected chi connectivity index (χ0v) is 20.6. The lowest BCUT2D eigenvalue weighted by atomic mass is 10.1. The molecular weight excluding hydrogens is 450 g/mol. The van der Waals surface area contributed by atoms with E-state index in [9.17, 15) is 19.2 Å². The summed E-state index contributed by atoms with van der Waals surface area (Å²) in [4.78, 5) is 54.1. The highest BCUT2D eigenvalue weighted by Gasteiger charge is 2.27. The summed E-state index contributed by atoms with van der Waals surface area (Å²) in [7, 11) is 0. The minimum absolute atomic E-state index is 0.0314. The molecule has 2 aromatic heterocycles. The van der Waals surface area contributed by atoms with Crippen LogP contribution in [0.4, 0.5) is 0 Å². The lowest BCUT2D eigenvalue weighted by Crippen LogP contribution is -2.27. The van der Waals surface area contributed by atoms with Crippen molar-refractivity contribution >= 4 is 28.5 Å². The molecule has 0 unspecified atom stereocenters. The van der Waals surface area contributed by atoms with Gasteiger partial charge >= 0.3 is 11.9 Å². The highest BCUT2D eigenvalue weighted by Crippen LogP contribution is 2.21. The van der Waals surface area contributed by atoms with Crippen molar-refractivity contribution in [2.75, 3.05) is 13.2 Å². The fourth-order valence-electron chi connectivity index (χ4n) is 4.09. The smallest absolute Gasteiger partial charge is 0.359 e. The molecule has 2 heterocycles. The molecule has 3 rings (SSSR count). The molecule has 35 heavy (non-hydrogen) atoms. The Morgan fingerprint density at radius 3 is 2.29 bits per heavy atom. The summed E-state index contributed by atoms with van der Waals surface area (Å²) >= 11 is 0. The van der Waals surface area contributed by atoms with E-state index in [1.165, 1.54) is 4.68 Å². The van der Waals surface area contributed by atoms with Gasteiger partial charge in [0.15, 0.2) is 12.3 Å². The lowest BCUT2D eigenvalue weighted by Gasteiger charge is -2.11. The van der Waals surface area contributed by atoms with Crippen molar-refractivity contribution in [1.82, 2.24) is 14.8 Å². The number of carbonyl (C=O) groups excluding carboxylic acids is 3. The Morgan fingerprint density at radius 1 is 0.914 bits per heavy atom. The summed E-state index contributed by atoms with van der Waals surface area (Å²) in [6, 6.07) is 6.69. The molecular formula is C26H31N3O6. The van der Waals surface area contributed by atoms with E-state index in [1.54, 1.807) is 45.0 Å². The van der Waals surface area contributed by atoms with E-state index in [0.29, 0.717) is 28.7 Å². The van der Waals surface area contributed by atoms with Crippen LogP contribution in [0.25, 0.3) is 10.8 Å². The summed E-state index contributed by atoms with van der Waals surface area (Å²) < 4.78 is 11.7. The van der Waals surface area contributed by atoms with Crippen molar-refractivity contribution < 1.29 is 23.9 Å². The van der Waals surface area contributed by atoms with Crippen LogP contribution in [0, 0.1) is 13.8 Å². The standard InChI is InChI=1S/C26H31N3O6/c1-5-7-8-11-14-29-24(31)19-13-10-9-12-18(19)23(28-29)26(33)35-15-20(30)21-16(3)27-17(4)22(21)25(32)34-6-2/h9-10,12-13,27H,5-8,11,14-15H2,1-4H3. The number of H-pyrrole nitrogens is 1. The Kier molecular flexibility index (Phi) is 8.57. The van der Waals surface area contributed by atoms with Crippen molar-refractivity contribution in [3.8, 4) is 0 Å². The number of ketones is 1. The number of nitrogens with one attached hydrogen (secondary N) is 1. The molecule has 0 aliphatic carbocycles. The second-order valence-electron chi connectivity index (χ2n) is 8.33. The van der Waals surface area contributed by atoms with Gasteiger partial charge < -0.3 is 14.5 Å². The van der Waals surface area contributed by atoms with E-state index in [4.69, 9.17) is 9.47 Å². The number of esters is 2. The molecule has 9 heteroatoms. The Hall–Kier alpha value is -3.75. The van der Waals surface area contributed by atoms with Crippen LogP contribution in [0.3, 0.4) is 0 Å². The highest BCUT2D eigenvalue weighted by molar-refractivity contribution is 6.10. The third kappa shape index (κ3) is 5.67. The van der Waals surface area contributed by atoms with Crippen LogP contribution in [0.2, 0.25) is 0 Å². The van der Waals surface area contributed by atoms with Gasteiger partial charge in [0, 0.05) is 23.3 Å². The van der Waals surface area contributed by atoms with E-state index < -0.39 is 24.3 Å². The number of hydrogen-bond acceptors (Lipinski definition) is 7. The maximum Gasteiger partial charge on any atom is 0.359 e. The van der Waals surface area contributed by atoms with Gasteiger partial charge in [-0.05, 0) is 33.3 Å². The summed E-state index contributed by atoms with van der Waals surface area (Å²) in [5, 5.41) is 5.00. The number of nitrogens with zero attached hydrogens (tertiary/aromatic N) is 2. The van der Waals surface area contributed by atoms with Crippen LogP contribution in [0.5, 0.6) is 0 Å². The molecule has 0 radical (unpaired) electrons. The van der Waals surface area contributed by atoms with E-state index in [1.807, 2.05) is 0 Å². The Labute approximate surface area is 203 Å². The van der Waals surface area contributed by atoms with Crippen LogP contribution < -0.4 is 5.56 Å². The number of Topliss-reactive ketones (excluding diaryl/α,β-unsaturated/α-hetero) is 1. The van der Waals surface area contributed by atoms with Crippen LogP contribution >= 0.6 is 0 Å². The van der Waals surface area contributed by atoms with Gasteiger partial charge in [0.05, 0.1) is 23.1 Å². The van der Waals surface area contributed by atoms with Crippen LogP contribution in [0.1, 0.15) is 82.1 Å². The summed E-state index contributed by atoms with van der Waals surface area (Å²) in [6.07, 6.45) is 3.81. The summed E-state index contributed by atoms with van der Waals surface area (Å²) in [5.74, 6) is -1.98. The van der Waals surface area contributed by atoms with Crippen molar-refractivity contribution in [2.24, 2.45) is 0 Å². The molecule has 9 nitrogen and oxygen atoms in total. The number of carbonyl (C=O) groups is 3. The number of unbranched alkanes of at least 4 members (excludes halogenated alkanes) is 3. The average molecular weight is 482 g/mol. The molecule has 0 aliphatic heterocycles. The second-order valence-corrected chi connectivity index (χ2v) is 8.33. The van der Waals surface area contributed by atoms with Crippen LogP contribution in [0.15, 0.2) is 29.1 Å². The molecule has 0 spiro atoms. The molecule has 0 saturated heterocycles. The van der Waals surface area contributed by atoms with Gasteiger partial charge in [-0.2, -0.15) is 5.10 Å². The third-order valence-electron chi connectivity index (χ3n) is 5.75. The van der Waals surface area contributed by atoms with Gasteiger partial charge in [-0.25, -0.2) is 14.3 Å². The minimum Gasteiger partial charge on any atom is -0.462 e. The first-order valence-corrected chi connectivity index (χ1v) is 11.9. The Balaban J connectivity index is 1.86. The first-order valence-electron chi connectivity index (χ1n) is 11.9. The number of fused-ring (bicyclic) bond motifs is 1. The van der Waals surface area contributed by atoms with E-state index >= 15 is 0 Å². The van der Waals surface area contributed by atoms with Gasteiger partial charge in [-0.1, -0.05) is 44.4 Å². The van der Waals surface area contributed by atoms with E-state index in [2.05, 4.69) is 17.0 Å². The largest absolute Gasteiger partial charge is 0.462 e. The molecule has 0 fully saturated rings. The fraction of sp³-hybridized carbons (Fsp3) is 0.423. The van der Waals surface area contributed by atoms with Crippen molar-refractivity contribution in [1.29, 1.82) is 0 Å². The number of rotatable bonds is 11. The molecule has 0 amide bonds. The monoisotopic (exact) mass is 481 g/mol. The number of aromatic amines is 1. The number of benzene rings is 1. The minimum atomic E-state index is -0.820. The van der Waals surface area contributed by atoms with Crippen molar-refractivity contribution in [3.63, 3.8) is 0 Å². The Morgan fingerprint density at radius 2 is 1.60 bits per heavy atom. The Bertz CT molecular complexity index is 1300. The topological polar surface area (TPSA) is 120 Å². The van der Waals surface area contributed by atoms with E-state index in [0.717, 1.165) is 25.7 Å². The molecule has 3 aromatic rings. The van der Waals surface area contributed by atoms with Crippen molar-refractivity contribution in [3.05, 3.63) is 62.8 Å². The molecule has 1 N–H and O–H groups in total. The third-order valence-corrected chi connectivity index (χ3v) is 5.75. The molecule has 0 aliphatic rings. The molecule has 0 saturated carbocycles. The zero-order chi connectivity index (χ0) is 25.5. The van der Waals surface area contributed by atoms with Crippen LogP contribution in [-0.4, -0.2) is 45.7 Å². The first-order chi connectivity index (χ1) is 16.8. The lowest BCUT2D eigenvalue weighted by molar-refractivity contribution is 0.0466. The summed E-state index contributed by atoms with van der Waals surface area (Å²) in [6.45, 7) is 7.06. The number of ether oxygens (including phenoxy) is 2. The van der Waals surface area contributed by atoms with Gasteiger partial charge in [-0.15, -0.1) is 0 Å².